The Balaban J connectivity index is 2.19. The van der Waals surface area contributed by atoms with E-state index in [0.717, 1.165) is 14.6 Å². The maximum Gasteiger partial charge on any atom is 0.318 e. The number of carbonyl (C=O) groups excluding carboxylic acids is 2. The molecule has 102 valence electrons. The fourth-order valence-corrected chi connectivity index (χ4v) is 2.92. The van der Waals surface area contributed by atoms with Gasteiger partial charge in [-0.3, -0.25) is 9.59 Å². The zero-order valence-corrected chi connectivity index (χ0v) is 13.5. The summed E-state index contributed by atoms with van der Waals surface area (Å²) >= 11 is 6.91. The first-order valence-corrected chi connectivity index (χ1v) is 7.51. The molecular weight excluding hydrogens is 378 g/mol. The minimum Gasteiger partial charge on any atom is -0.465 e. The highest BCUT2D eigenvalue weighted by Gasteiger charge is 2.37. The molecule has 19 heavy (non-hydrogen) atoms. The van der Waals surface area contributed by atoms with E-state index >= 15 is 0 Å². The van der Waals surface area contributed by atoms with E-state index in [-0.39, 0.29) is 12.3 Å². The molecule has 1 unspecified atom stereocenters. The first-order valence-electron chi connectivity index (χ1n) is 5.93. The summed E-state index contributed by atoms with van der Waals surface area (Å²) in [4.78, 5) is 25.5. The van der Waals surface area contributed by atoms with E-state index in [0.29, 0.717) is 13.2 Å². The topological polar surface area (TPSA) is 46.6 Å². The third-order valence-corrected chi connectivity index (χ3v) is 5.01. The van der Waals surface area contributed by atoms with Crippen molar-refractivity contribution in [2.75, 3.05) is 24.6 Å². The van der Waals surface area contributed by atoms with Crippen molar-refractivity contribution >= 4 is 49.3 Å². The van der Waals surface area contributed by atoms with Gasteiger partial charge in [-0.05, 0) is 50.9 Å². The molecule has 1 aromatic carbocycles. The number of esters is 1. The van der Waals surface area contributed by atoms with Crippen molar-refractivity contribution in [3.63, 3.8) is 0 Å². The molecule has 1 aromatic rings. The summed E-state index contributed by atoms with van der Waals surface area (Å²) in [6, 6.07) is 5.72. The van der Waals surface area contributed by atoms with Crippen LogP contribution in [0.1, 0.15) is 6.92 Å². The van der Waals surface area contributed by atoms with Crippen LogP contribution in [-0.2, 0) is 14.3 Å². The fourth-order valence-electron chi connectivity index (χ4n) is 2.05. The highest BCUT2D eigenvalue weighted by atomic mass is 79.9. The lowest BCUT2D eigenvalue weighted by Gasteiger charge is -2.19. The molecule has 0 spiro atoms. The zero-order chi connectivity index (χ0) is 14.0. The van der Waals surface area contributed by atoms with Gasteiger partial charge in [0.25, 0.3) is 0 Å². The van der Waals surface area contributed by atoms with E-state index in [9.17, 15) is 9.59 Å². The highest BCUT2D eigenvalue weighted by molar-refractivity contribution is 9.13. The summed E-state index contributed by atoms with van der Waals surface area (Å²) in [5.41, 5.74) is 0.898. The molecule has 0 amide bonds. The molecule has 1 atom stereocenters. The largest absolute Gasteiger partial charge is 0.465 e. The number of hydrogen-bond acceptors (Lipinski definition) is 4. The van der Waals surface area contributed by atoms with Crippen molar-refractivity contribution in [3.05, 3.63) is 27.1 Å². The molecule has 0 aliphatic carbocycles. The predicted molar refractivity (Wildman–Crippen MR) is 79.2 cm³/mol. The van der Waals surface area contributed by atoms with E-state index in [1.165, 1.54) is 0 Å². The number of rotatable bonds is 3. The Morgan fingerprint density at radius 2 is 2.21 bits per heavy atom. The monoisotopic (exact) mass is 389 g/mol. The van der Waals surface area contributed by atoms with Crippen molar-refractivity contribution in [2.24, 2.45) is 5.92 Å². The van der Waals surface area contributed by atoms with Gasteiger partial charge in [0, 0.05) is 11.0 Å². The molecule has 0 aromatic heterocycles. The second-order valence-corrected chi connectivity index (χ2v) is 5.87. The van der Waals surface area contributed by atoms with Crippen LogP contribution in [0.2, 0.25) is 0 Å². The molecule has 0 radical (unpaired) electrons. The number of nitrogens with zero attached hydrogens (tertiary/aromatic N) is 1. The molecule has 2 rings (SSSR count). The van der Waals surface area contributed by atoms with Crippen LogP contribution >= 0.6 is 31.9 Å². The van der Waals surface area contributed by atoms with Crippen LogP contribution in [0, 0.1) is 5.92 Å². The summed E-state index contributed by atoms with van der Waals surface area (Å²) in [6.45, 7) is 2.63. The number of anilines is 1. The second kappa shape index (κ2) is 6.05. The Morgan fingerprint density at radius 3 is 2.89 bits per heavy atom. The van der Waals surface area contributed by atoms with Gasteiger partial charge in [0.15, 0.2) is 5.78 Å². The van der Waals surface area contributed by atoms with Crippen LogP contribution in [0.5, 0.6) is 0 Å². The Bertz CT molecular complexity index is 519. The van der Waals surface area contributed by atoms with Crippen LogP contribution in [-0.4, -0.2) is 31.4 Å². The third kappa shape index (κ3) is 3.00. The van der Waals surface area contributed by atoms with Crippen LogP contribution in [0.4, 0.5) is 5.69 Å². The minimum atomic E-state index is -0.675. The summed E-state index contributed by atoms with van der Waals surface area (Å²) < 4.78 is 6.72. The molecule has 1 fully saturated rings. The van der Waals surface area contributed by atoms with Gasteiger partial charge in [0.2, 0.25) is 0 Å². The van der Waals surface area contributed by atoms with Crippen molar-refractivity contribution in [1.29, 1.82) is 0 Å². The van der Waals surface area contributed by atoms with Gasteiger partial charge < -0.3 is 9.64 Å². The molecule has 1 aliphatic heterocycles. The van der Waals surface area contributed by atoms with Crippen LogP contribution in [0.15, 0.2) is 27.1 Å². The van der Waals surface area contributed by atoms with E-state index in [4.69, 9.17) is 4.74 Å². The van der Waals surface area contributed by atoms with Gasteiger partial charge in [0.05, 0.1) is 23.3 Å². The maximum absolute atomic E-state index is 11.9. The van der Waals surface area contributed by atoms with E-state index in [1.807, 2.05) is 23.1 Å². The molecular formula is C13H13Br2NO3. The lowest BCUT2D eigenvalue weighted by molar-refractivity contribution is -0.149. The number of hydrogen-bond donors (Lipinski definition) is 0. The number of ether oxygens (including phenoxy) is 1. The van der Waals surface area contributed by atoms with Crippen LogP contribution < -0.4 is 4.90 Å². The average Bonchev–Trinajstić information content (AvgIpc) is 2.75. The van der Waals surface area contributed by atoms with E-state index in [2.05, 4.69) is 31.9 Å². The normalized spacial score (nSPS) is 18.8. The van der Waals surface area contributed by atoms with Gasteiger partial charge in [-0.2, -0.15) is 0 Å². The summed E-state index contributed by atoms with van der Waals surface area (Å²) in [5.74, 6) is -1.20. The third-order valence-electron chi connectivity index (χ3n) is 2.98. The Kier molecular flexibility index (Phi) is 4.62. The first-order chi connectivity index (χ1) is 9.04. The van der Waals surface area contributed by atoms with Crippen molar-refractivity contribution in [3.8, 4) is 0 Å². The van der Waals surface area contributed by atoms with Gasteiger partial charge in [-0.1, -0.05) is 6.07 Å². The van der Waals surface area contributed by atoms with Crippen molar-refractivity contribution < 1.29 is 14.3 Å². The molecule has 0 bridgehead atoms. The van der Waals surface area contributed by atoms with Crippen LogP contribution in [0.3, 0.4) is 0 Å². The summed E-state index contributed by atoms with van der Waals surface area (Å²) in [5, 5.41) is 0. The minimum absolute atomic E-state index is 0.0923. The number of benzene rings is 1. The van der Waals surface area contributed by atoms with Crippen LogP contribution in [0.25, 0.3) is 0 Å². The average molecular weight is 391 g/mol. The van der Waals surface area contributed by atoms with Crippen molar-refractivity contribution in [1.82, 2.24) is 0 Å². The zero-order valence-electron chi connectivity index (χ0n) is 10.4. The number of halogens is 2. The number of carbonyl (C=O) groups is 2. The Hall–Kier alpha value is -0.880. The number of Topliss-reactive ketones (excluding diaryl/α,β-unsaturated/α-hetero) is 1. The summed E-state index contributed by atoms with van der Waals surface area (Å²) in [7, 11) is 0. The van der Waals surface area contributed by atoms with Gasteiger partial charge in [-0.25, -0.2) is 0 Å². The second-order valence-electron chi connectivity index (χ2n) is 4.22. The highest BCUT2D eigenvalue weighted by Crippen LogP contribution is 2.35. The maximum atomic E-state index is 11.9. The Labute approximate surface area is 128 Å². The molecule has 6 heteroatoms. The first kappa shape index (κ1) is 14.5. The molecule has 0 saturated carbocycles. The number of ketones is 1. The lowest BCUT2D eigenvalue weighted by atomic mass is 10.1. The Morgan fingerprint density at radius 1 is 1.47 bits per heavy atom. The van der Waals surface area contributed by atoms with Gasteiger partial charge in [0.1, 0.15) is 5.92 Å². The van der Waals surface area contributed by atoms with Gasteiger partial charge in [-0.15, -0.1) is 0 Å². The summed E-state index contributed by atoms with van der Waals surface area (Å²) in [6.07, 6.45) is 0. The van der Waals surface area contributed by atoms with E-state index < -0.39 is 11.9 Å². The van der Waals surface area contributed by atoms with Crippen molar-refractivity contribution in [2.45, 2.75) is 6.92 Å². The predicted octanol–water partition coefficient (Wildman–Crippen LogP) is 2.78. The SMILES string of the molecule is CCOC(=O)C1CN(c2cccc(Br)c2Br)CC1=O. The molecule has 4 nitrogen and oxygen atoms in total. The molecule has 1 heterocycles. The lowest BCUT2D eigenvalue weighted by Crippen LogP contribution is -2.25. The standard InChI is InChI=1S/C13H13Br2NO3/c1-2-19-13(18)8-6-16(7-11(8)17)10-5-3-4-9(14)12(10)15/h3-5,8H,2,6-7H2,1H3. The molecule has 1 aliphatic rings. The fraction of sp³-hybridized carbons (Fsp3) is 0.385. The smallest absolute Gasteiger partial charge is 0.318 e. The van der Waals surface area contributed by atoms with Gasteiger partial charge >= 0.3 is 5.97 Å². The molecule has 1 saturated heterocycles. The van der Waals surface area contributed by atoms with E-state index in [1.54, 1.807) is 6.92 Å². The molecule has 0 N–H and O–H groups in total. The quantitative estimate of drug-likeness (QED) is 0.588.